The summed E-state index contributed by atoms with van der Waals surface area (Å²) in [5.74, 6) is -1.12. The van der Waals surface area contributed by atoms with Crippen LogP contribution >= 0.6 is 0 Å². The summed E-state index contributed by atoms with van der Waals surface area (Å²) in [7, 11) is 1.46. The van der Waals surface area contributed by atoms with Gasteiger partial charge in [0.05, 0.1) is 7.11 Å². The molecule has 14 heavy (non-hydrogen) atoms. The van der Waals surface area contributed by atoms with Crippen molar-refractivity contribution in [1.82, 2.24) is 0 Å². The Morgan fingerprint density at radius 3 is 2.86 bits per heavy atom. The quantitative estimate of drug-likeness (QED) is 0.751. The average Bonchev–Trinajstić information content (AvgIpc) is 2.16. The normalized spacial score (nSPS) is 10.4. The highest BCUT2D eigenvalue weighted by Crippen LogP contribution is 2.17. The summed E-state index contributed by atoms with van der Waals surface area (Å²) in [5.41, 5.74) is 0.187. The van der Waals surface area contributed by atoms with E-state index in [1.807, 2.05) is 0 Å². The highest BCUT2D eigenvalue weighted by atomic mass is 19.1. The van der Waals surface area contributed by atoms with Crippen LogP contribution in [0.5, 0.6) is 5.75 Å². The van der Waals surface area contributed by atoms with Crippen LogP contribution in [0.4, 0.5) is 4.39 Å². The topological polar surface area (TPSA) is 46.5 Å². The van der Waals surface area contributed by atoms with Crippen molar-refractivity contribution < 1.29 is 19.0 Å². The maximum absolute atomic E-state index is 13.1. The van der Waals surface area contributed by atoms with Crippen LogP contribution in [0.1, 0.15) is 5.56 Å². The second kappa shape index (κ2) is 4.41. The SMILES string of the molecule is COc1ccc(F)c(C=CC(=O)O)c1. The van der Waals surface area contributed by atoms with Gasteiger partial charge in [-0.2, -0.15) is 0 Å². The summed E-state index contributed by atoms with van der Waals surface area (Å²) < 4.78 is 17.9. The number of methoxy groups -OCH3 is 1. The molecule has 0 fully saturated rings. The number of hydrogen-bond donors (Lipinski definition) is 1. The summed E-state index contributed by atoms with van der Waals surface area (Å²) in [6.07, 6.45) is 2.05. The summed E-state index contributed by atoms with van der Waals surface area (Å²) in [6, 6.07) is 4.11. The second-order valence-electron chi connectivity index (χ2n) is 2.56. The number of halogens is 1. The first-order valence-electron chi connectivity index (χ1n) is 3.88. The number of carboxylic acid groups (broad SMARTS) is 1. The maximum Gasteiger partial charge on any atom is 0.328 e. The molecule has 0 atom stereocenters. The lowest BCUT2D eigenvalue weighted by atomic mass is 10.2. The fourth-order valence-electron chi connectivity index (χ4n) is 0.938. The largest absolute Gasteiger partial charge is 0.497 e. The molecule has 1 aromatic rings. The van der Waals surface area contributed by atoms with Crippen molar-refractivity contribution >= 4 is 12.0 Å². The Morgan fingerprint density at radius 1 is 1.57 bits per heavy atom. The minimum Gasteiger partial charge on any atom is -0.497 e. The van der Waals surface area contributed by atoms with Crippen molar-refractivity contribution in [3.05, 3.63) is 35.7 Å². The molecule has 0 aliphatic rings. The van der Waals surface area contributed by atoms with E-state index in [0.717, 1.165) is 6.08 Å². The molecule has 74 valence electrons. The molecular weight excluding hydrogens is 187 g/mol. The molecule has 0 saturated heterocycles. The van der Waals surface area contributed by atoms with Crippen LogP contribution in [0.15, 0.2) is 24.3 Å². The van der Waals surface area contributed by atoms with Gasteiger partial charge >= 0.3 is 5.97 Å². The van der Waals surface area contributed by atoms with Crippen molar-refractivity contribution in [2.75, 3.05) is 7.11 Å². The van der Waals surface area contributed by atoms with Gasteiger partial charge in [-0.15, -0.1) is 0 Å². The van der Waals surface area contributed by atoms with E-state index >= 15 is 0 Å². The van der Waals surface area contributed by atoms with Crippen LogP contribution in [0, 0.1) is 5.82 Å². The van der Waals surface area contributed by atoms with Crippen LogP contribution in [-0.2, 0) is 4.79 Å². The van der Waals surface area contributed by atoms with Crippen molar-refractivity contribution in [2.24, 2.45) is 0 Å². The monoisotopic (exact) mass is 196 g/mol. The Kier molecular flexibility index (Phi) is 3.23. The lowest BCUT2D eigenvalue weighted by Crippen LogP contribution is -1.89. The van der Waals surface area contributed by atoms with Crippen LogP contribution < -0.4 is 4.74 Å². The highest BCUT2D eigenvalue weighted by molar-refractivity contribution is 5.85. The molecule has 0 aromatic heterocycles. The predicted molar refractivity (Wildman–Crippen MR) is 49.6 cm³/mol. The first kappa shape index (κ1) is 10.2. The Hall–Kier alpha value is -1.84. The second-order valence-corrected chi connectivity index (χ2v) is 2.56. The van der Waals surface area contributed by atoms with Crippen molar-refractivity contribution in [2.45, 2.75) is 0 Å². The Labute approximate surface area is 80.4 Å². The minimum atomic E-state index is -1.12. The minimum absolute atomic E-state index is 0.187. The summed E-state index contributed by atoms with van der Waals surface area (Å²) in [4.78, 5) is 10.2. The van der Waals surface area contributed by atoms with E-state index in [1.165, 1.54) is 31.4 Å². The molecule has 0 aliphatic heterocycles. The summed E-state index contributed by atoms with van der Waals surface area (Å²) >= 11 is 0. The van der Waals surface area contributed by atoms with Crippen molar-refractivity contribution in [3.63, 3.8) is 0 Å². The Bertz CT molecular complexity index is 372. The van der Waals surface area contributed by atoms with Gasteiger partial charge in [0.1, 0.15) is 11.6 Å². The molecule has 0 aliphatic carbocycles. The number of carboxylic acids is 1. The zero-order valence-electron chi connectivity index (χ0n) is 7.53. The highest BCUT2D eigenvalue weighted by Gasteiger charge is 2.00. The number of benzene rings is 1. The van der Waals surface area contributed by atoms with E-state index in [0.29, 0.717) is 5.75 Å². The smallest absolute Gasteiger partial charge is 0.328 e. The fraction of sp³-hybridized carbons (Fsp3) is 0.100. The van der Waals surface area contributed by atoms with Gasteiger partial charge in [0, 0.05) is 11.6 Å². The maximum atomic E-state index is 13.1. The molecule has 1 rings (SSSR count). The van der Waals surface area contributed by atoms with Gasteiger partial charge < -0.3 is 9.84 Å². The lowest BCUT2D eigenvalue weighted by Gasteiger charge is -2.01. The molecule has 3 nitrogen and oxygen atoms in total. The molecule has 1 aromatic carbocycles. The van der Waals surface area contributed by atoms with Crippen LogP contribution in [0.25, 0.3) is 6.08 Å². The van der Waals surface area contributed by atoms with Gasteiger partial charge in [-0.05, 0) is 24.3 Å². The number of carbonyl (C=O) groups is 1. The zero-order chi connectivity index (χ0) is 10.6. The average molecular weight is 196 g/mol. The number of rotatable bonds is 3. The number of aliphatic carboxylic acids is 1. The third-order valence-electron chi connectivity index (χ3n) is 1.61. The lowest BCUT2D eigenvalue weighted by molar-refractivity contribution is -0.131. The van der Waals surface area contributed by atoms with Gasteiger partial charge in [-0.1, -0.05) is 0 Å². The third kappa shape index (κ3) is 2.58. The Balaban J connectivity index is 3.00. The first-order valence-corrected chi connectivity index (χ1v) is 3.88. The van der Waals surface area contributed by atoms with E-state index < -0.39 is 11.8 Å². The van der Waals surface area contributed by atoms with Crippen molar-refractivity contribution in [1.29, 1.82) is 0 Å². The molecule has 0 spiro atoms. The van der Waals surface area contributed by atoms with Gasteiger partial charge in [0.15, 0.2) is 0 Å². The molecule has 0 radical (unpaired) electrons. The summed E-state index contributed by atoms with van der Waals surface area (Å²) in [5, 5.41) is 8.35. The molecule has 0 unspecified atom stereocenters. The van der Waals surface area contributed by atoms with E-state index in [1.54, 1.807) is 0 Å². The molecule has 0 bridgehead atoms. The van der Waals surface area contributed by atoms with E-state index in [2.05, 4.69) is 0 Å². The van der Waals surface area contributed by atoms with Gasteiger partial charge in [-0.3, -0.25) is 0 Å². The van der Waals surface area contributed by atoms with Crippen LogP contribution in [-0.4, -0.2) is 18.2 Å². The molecule has 4 heteroatoms. The number of ether oxygens (including phenoxy) is 1. The van der Waals surface area contributed by atoms with E-state index in [4.69, 9.17) is 9.84 Å². The molecule has 0 heterocycles. The summed E-state index contributed by atoms with van der Waals surface area (Å²) in [6.45, 7) is 0. The van der Waals surface area contributed by atoms with Crippen molar-refractivity contribution in [3.8, 4) is 5.75 Å². The van der Waals surface area contributed by atoms with Crippen LogP contribution in [0.3, 0.4) is 0 Å². The van der Waals surface area contributed by atoms with Gasteiger partial charge in [0.25, 0.3) is 0 Å². The molecule has 0 saturated carbocycles. The standard InChI is InChI=1S/C10H9FO3/c1-14-8-3-4-9(11)7(6-8)2-5-10(12)13/h2-6H,1H3,(H,12,13). The molecule has 1 N–H and O–H groups in total. The number of hydrogen-bond acceptors (Lipinski definition) is 2. The van der Waals surface area contributed by atoms with E-state index in [9.17, 15) is 9.18 Å². The zero-order valence-corrected chi connectivity index (χ0v) is 7.53. The fourth-order valence-corrected chi connectivity index (χ4v) is 0.938. The Morgan fingerprint density at radius 2 is 2.29 bits per heavy atom. The molecule has 0 amide bonds. The van der Waals surface area contributed by atoms with Crippen LogP contribution in [0.2, 0.25) is 0 Å². The first-order chi connectivity index (χ1) is 6.63. The predicted octanol–water partition coefficient (Wildman–Crippen LogP) is 1.93. The van der Waals surface area contributed by atoms with Gasteiger partial charge in [-0.25, -0.2) is 9.18 Å². The van der Waals surface area contributed by atoms with E-state index in [-0.39, 0.29) is 5.56 Å². The third-order valence-corrected chi connectivity index (χ3v) is 1.61. The molecular formula is C10H9FO3. The van der Waals surface area contributed by atoms with Gasteiger partial charge in [0.2, 0.25) is 0 Å².